The average Bonchev–Trinajstić information content (AvgIpc) is 3.14. The Balaban J connectivity index is 2.17. The molecule has 0 unspecified atom stereocenters. The Morgan fingerprint density at radius 2 is 2.17 bits per heavy atom. The Bertz CT molecular complexity index is 1080. The first kappa shape index (κ1) is 13.3. The number of fused-ring (bicyclic) bond motifs is 2. The van der Waals surface area contributed by atoms with Gasteiger partial charge in [0.1, 0.15) is 5.56 Å². The molecule has 1 aromatic carbocycles. The molecule has 0 saturated carbocycles. The number of benzene rings is 1. The second-order valence-electron chi connectivity index (χ2n) is 5.44. The monoisotopic (exact) mass is 306 g/mol. The number of nitrogens with two attached hydrogens (primary N) is 2. The smallest absolute Gasteiger partial charge is 0.254 e. The van der Waals surface area contributed by atoms with E-state index in [9.17, 15) is 4.79 Å². The molecule has 23 heavy (non-hydrogen) atoms. The average molecular weight is 306 g/mol. The number of amides is 1. The van der Waals surface area contributed by atoms with E-state index < -0.39 is 5.91 Å². The van der Waals surface area contributed by atoms with E-state index >= 15 is 0 Å². The molecule has 0 saturated heterocycles. The van der Waals surface area contributed by atoms with Crippen LogP contribution in [0.15, 0.2) is 36.9 Å². The molecular weight excluding hydrogens is 292 g/mol. The zero-order chi connectivity index (χ0) is 16.1. The molecular formula is C16H14N6O. The van der Waals surface area contributed by atoms with Crippen molar-refractivity contribution in [3.05, 3.63) is 48.0 Å². The van der Waals surface area contributed by atoms with Crippen LogP contribution >= 0.6 is 0 Å². The molecule has 0 bridgehead atoms. The van der Waals surface area contributed by atoms with E-state index in [1.807, 2.05) is 25.3 Å². The van der Waals surface area contributed by atoms with Crippen LogP contribution in [-0.2, 0) is 0 Å². The molecule has 0 aliphatic carbocycles. The van der Waals surface area contributed by atoms with Crippen LogP contribution < -0.4 is 11.5 Å². The summed E-state index contributed by atoms with van der Waals surface area (Å²) in [6.07, 6.45) is 6.98. The maximum absolute atomic E-state index is 11.9. The topological polar surface area (TPSA) is 115 Å². The van der Waals surface area contributed by atoms with Crippen molar-refractivity contribution in [2.45, 2.75) is 6.92 Å². The quantitative estimate of drug-likeness (QED) is 0.524. The number of hydrogen-bond acceptors (Lipinski definition) is 4. The molecule has 0 spiro atoms. The van der Waals surface area contributed by atoms with Crippen molar-refractivity contribution in [2.24, 2.45) is 5.73 Å². The number of carbonyl (C=O) groups is 1. The zero-order valence-electron chi connectivity index (χ0n) is 12.4. The second kappa shape index (κ2) is 4.57. The normalized spacial score (nSPS) is 11.3. The first-order valence-corrected chi connectivity index (χ1v) is 7.06. The molecule has 3 heterocycles. The number of imidazole rings is 1. The Labute approximate surface area is 130 Å². The number of carbonyl (C=O) groups excluding carboxylic acids is 1. The summed E-state index contributed by atoms with van der Waals surface area (Å²) < 4.78 is 1.75. The van der Waals surface area contributed by atoms with Crippen LogP contribution in [0.3, 0.4) is 0 Å². The molecule has 0 aliphatic heterocycles. The summed E-state index contributed by atoms with van der Waals surface area (Å²) in [5.74, 6) is -0.599. The van der Waals surface area contributed by atoms with Gasteiger partial charge in [0, 0.05) is 29.5 Å². The maximum atomic E-state index is 11.9. The van der Waals surface area contributed by atoms with E-state index in [1.54, 1.807) is 23.0 Å². The molecule has 0 fully saturated rings. The number of rotatable bonds is 2. The SMILES string of the molecule is Cc1ccc2[nH]ncc2c1-c1cn2ccnc2c(C(N)=O)c1N. The molecule has 0 atom stereocenters. The fourth-order valence-electron chi connectivity index (χ4n) is 3.00. The lowest BCUT2D eigenvalue weighted by Crippen LogP contribution is -2.16. The highest BCUT2D eigenvalue weighted by Gasteiger charge is 2.20. The van der Waals surface area contributed by atoms with Crippen molar-refractivity contribution in [3.8, 4) is 11.1 Å². The van der Waals surface area contributed by atoms with Crippen molar-refractivity contribution in [3.63, 3.8) is 0 Å². The van der Waals surface area contributed by atoms with Crippen LogP contribution in [0.1, 0.15) is 15.9 Å². The number of primary amides is 1. The highest BCUT2D eigenvalue weighted by molar-refractivity contribution is 6.09. The molecule has 1 amide bonds. The van der Waals surface area contributed by atoms with Gasteiger partial charge in [-0.25, -0.2) is 4.98 Å². The van der Waals surface area contributed by atoms with Crippen LogP contribution in [0, 0.1) is 6.92 Å². The molecule has 4 rings (SSSR count). The number of anilines is 1. The van der Waals surface area contributed by atoms with Crippen LogP contribution in [-0.4, -0.2) is 25.5 Å². The van der Waals surface area contributed by atoms with E-state index in [-0.39, 0.29) is 5.56 Å². The summed E-state index contributed by atoms with van der Waals surface area (Å²) in [5, 5.41) is 7.97. The third-order valence-electron chi connectivity index (χ3n) is 4.07. The molecule has 7 nitrogen and oxygen atoms in total. The van der Waals surface area contributed by atoms with Gasteiger partial charge in [-0.05, 0) is 24.1 Å². The van der Waals surface area contributed by atoms with Gasteiger partial charge in [-0.15, -0.1) is 0 Å². The summed E-state index contributed by atoms with van der Waals surface area (Å²) in [7, 11) is 0. The molecule has 7 heteroatoms. The Morgan fingerprint density at radius 3 is 2.96 bits per heavy atom. The van der Waals surface area contributed by atoms with E-state index in [0.717, 1.165) is 27.6 Å². The first-order valence-electron chi connectivity index (χ1n) is 7.06. The fraction of sp³-hybridized carbons (Fsp3) is 0.0625. The summed E-state index contributed by atoms with van der Waals surface area (Å²) in [6, 6.07) is 3.94. The van der Waals surface area contributed by atoms with E-state index in [4.69, 9.17) is 11.5 Å². The minimum Gasteiger partial charge on any atom is -0.397 e. The second-order valence-corrected chi connectivity index (χ2v) is 5.44. The highest BCUT2D eigenvalue weighted by Crippen LogP contribution is 2.36. The van der Waals surface area contributed by atoms with Gasteiger partial charge in [-0.1, -0.05) is 6.07 Å². The number of pyridine rings is 1. The standard InChI is InChI=1S/C16H14N6O/c1-8-2-3-11-9(6-20-21-11)12(8)10-7-22-5-4-19-16(22)13(14(10)17)15(18)23/h2-7H,17H2,1H3,(H2,18,23)(H,20,21). The van der Waals surface area contributed by atoms with Gasteiger partial charge in [0.05, 0.1) is 17.4 Å². The largest absolute Gasteiger partial charge is 0.397 e. The lowest BCUT2D eigenvalue weighted by Gasteiger charge is -2.14. The number of hydrogen-bond donors (Lipinski definition) is 3. The van der Waals surface area contributed by atoms with Gasteiger partial charge >= 0.3 is 0 Å². The van der Waals surface area contributed by atoms with E-state index in [2.05, 4.69) is 15.2 Å². The summed E-state index contributed by atoms with van der Waals surface area (Å²) in [6.45, 7) is 1.99. The summed E-state index contributed by atoms with van der Waals surface area (Å²) >= 11 is 0. The maximum Gasteiger partial charge on any atom is 0.254 e. The molecule has 3 aromatic heterocycles. The van der Waals surface area contributed by atoms with Crippen LogP contribution in [0.5, 0.6) is 0 Å². The molecule has 0 aliphatic rings. The molecule has 0 radical (unpaired) electrons. The third kappa shape index (κ3) is 1.80. The van der Waals surface area contributed by atoms with Gasteiger partial charge in [-0.2, -0.15) is 5.10 Å². The number of nitrogens with one attached hydrogen (secondary N) is 1. The van der Waals surface area contributed by atoms with Gasteiger partial charge in [0.25, 0.3) is 5.91 Å². The van der Waals surface area contributed by atoms with Gasteiger partial charge in [0.2, 0.25) is 0 Å². The predicted molar refractivity (Wildman–Crippen MR) is 87.9 cm³/mol. The Hall–Kier alpha value is -3.35. The van der Waals surface area contributed by atoms with Crippen LogP contribution in [0.25, 0.3) is 27.7 Å². The van der Waals surface area contributed by atoms with Crippen molar-refractivity contribution in [1.82, 2.24) is 19.6 Å². The van der Waals surface area contributed by atoms with Crippen molar-refractivity contribution < 1.29 is 4.79 Å². The fourth-order valence-corrected chi connectivity index (χ4v) is 3.00. The number of aromatic amines is 1. The lowest BCUT2D eigenvalue weighted by atomic mass is 9.95. The lowest BCUT2D eigenvalue weighted by molar-refractivity contribution is 0.100. The molecule has 5 N–H and O–H groups in total. The third-order valence-corrected chi connectivity index (χ3v) is 4.07. The van der Waals surface area contributed by atoms with Gasteiger partial charge < -0.3 is 15.9 Å². The number of nitrogens with zero attached hydrogens (tertiary/aromatic N) is 3. The van der Waals surface area contributed by atoms with Crippen LogP contribution in [0.2, 0.25) is 0 Å². The first-order chi connectivity index (χ1) is 11.1. The Morgan fingerprint density at radius 1 is 1.35 bits per heavy atom. The van der Waals surface area contributed by atoms with Crippen LogP contribution in [0.4, 0.5) is 5.69 Å². The van der Waals surface area contributed by atoms with Crippen molar-refractivity contribution in [2.75, 3.05) is 5.73 Å². The van der Waals surface area contributed by atoms with Gasteiger partial charge in [0.15, 0.2) is 5.65 Å². The van der Waals surface area contributed by atoms with Gasteiger partial charge in [-0.3, -0.25) is 9.89 Å². The van der Waals surface area contributed by atoms with Crippen molar-refractivity contribution in [1.29, 1.82) is 0 Å². The number of nitrogen functional groups attached to an aromatic ring is 1. The van der Waals surface area contributed by atoms with E-state index in [1.165, 1.54) is 0 Å². The zero-order valence-corrected chi connectivity index (χ0v) is 12.4. The summed E-state index contributed by atoms with van der Waals surface area (Å²) in [5.41, 5.74) is 16.4. The minimum absolute atomic E-state index is 0.229. The summed E-state index contributed by atoms with van der Waals surface area (Å²) in [4.78, 5) is 16.1. The number of aryl methyl sites for hydroxylation is 1. The number of H-pyrrole nitrogens is 1. The predicted octanol–water partition coefficient (Wildman–Crippen LogP) is 1.87. The van der Waals surface area contributed by atoms with Crippen molar-refractivity contribution >= 4 is 28.1 Å². The highest BCUT2D eigenvalue weighted by atomic mass is 16.1. The molecule has 4 aromatic rings. The Kier molecular flexibility index (Phi) is 2.65. The minimum atomic E-state index is -0.599. The number of aromatic nitrogens is 4. The molecule has 114 valence electrons. The van der Waals surface area contributed by atoms with E-state index in [0.29, 0.717) is 11.3 Å².